The summed E-state index contributed by atoms with van der Waals surface area (Å²) in [7, 11) is 0. The van der Waals surface area contributed by atoms with Gasteiger partial charge in [0.2, 0.25) is 0 Å². The van der Waals surface area contributed by atoms with Gasteiger partial charge in [0.25, 0.3) is 11.6 Å². The van der Waals surface area contributed by atoms with E-state index in [-0.39, 0.29) is 24.2 Å². The highest BCUT2D eigenvalue weighted by Crippen LogP contribution is 2.11. The van der Waals surface area contributed by atoms with E-state index in [2.05, 4.69) is 5.32 Å². The molecular formula is C11H14N2O4. The zero-order chi connectivity index (χ0) is 12.8. The average Bonchev–Trinajstić information content (AvgIpc) is 2.35. The maximum Gasteiger partial charge on any atom is 0.269 e. The van der Waals surface area contributed by atoms with Gasteiger partial charge in [-0.1, -0.05) is 6.92 Å². The molecule has 6 heteroatoms. The van der Waals surface area contributed by atoms with Crippen LogP contribution in [0.15, 0.2) is 24.3 Å². The normalized spacial score (nSPS) is 11.9. The maximum atomic E-state index is 11.7. The first-order valence-electron chi connectivity index (χ1n) is 5.24. The summed E-state index contributed by atoms with van der Waals surface area (Å²) in [6.45, 7) is 1.71. The lowest BCUT2D eigenvalue weighted by molar-refractivity contribution is -0.384. The number of nitrogens with one attached hydrogen (secondary N) is 1. The first-order valence-corrected chi connectivity index (χ1v) is 5.24. The van der Waals surface area contributed by atoms with E-state index in [0.717, 1.165) is 0 Å². The van der Waals surface area contributed by atoms with Crippen molar-refractivity contribution in [3.8, 4) is 0 Å². The smallest absolute Gasteiger partial charge is 0.269 e. The summed E-state index contributed by atoms with van der Waals surface area (Å²) < 4.78 is 0. The van der Waals surface area contributed by atoms with Gasteiger partial charge in [-0.15, -0.1) is 0 Å². The molecule has 0 radical (unpaired) electrons. The Morgan fingerprint density at radius 3 is 2.47 bits per heavy atom. The Balaban J connectivity index is 2.73. The number of hydrogen-bond acceptors (Lipinski definition) is 4. The van der Waals surface area contributed by atoms with Crippen molar-refractivity contribution in [1.29, 1.82) is 0 Å². The highest BCUT2D eigenvalue weighted by Gasteiger charge is 2.12. The van der Waals surface area contributed by atoms with Gasteiger partial charge in [-0.05, 0) is 18.6 Å². The van der Waals surface area contributed by atoms with Crippen LogP contribution < -0.4 is 5.32 Å². The quantitative estimate of drug-likeness (QED) is 0.593. The minimum Gasteiger partial charge on any atom is -0.394 e. The summed E-state index contributed by atoms with van der Waals surface area (Å²) in [6, 6.07) is 5.02. The van der Waals surface area contributed by atoms with E-state index in [4.69, 9.17) is 5.11 Å². The van der Waals surface area contributed by atoms with E-state index in [1.165, 1.54) is 24.3 Å². The van der Waals surface area contributed by atoms with Gasteiger partial charge in [0, 0.05) is 17.7 Å². The second-order valence-corrected chi connectivity index (χ2v) is 3.57. The standard InChI is InChI=1S/C11H14N2O4/c1-2-9(7-14)12-11(15)8-3-5-10(6-4-8)13(16)17/h3-6,9,14H,2,7H2,1H3,(H,12,15). The highest BCUT2D eigenvalue weighted by molar-refractivity contribution is 5.94. The zero-order valence-electron chi connectivity index (χ0n) is 9.42. The molecule has 1 aromatic carbocycles. The molecule has 0 saturated carbocycles. The van der Waals surface area contributed by atoms with Crippen molar-refractivity contribution in [3.63, 3.8) is 0 Å². The molecule has 0 spiro atoms. The summed E-state index contributed by atoms with van der Waals surface area (Å²) >= 11 is 0. The van der Waals surface area contributed by atoms with Gasteiger partial charge >= 0.3 is 0 Å². The largest absolute Gasteiger partial charge is 0.394 e. The van der Waals surface area contributed by atoms with Crippen LogP contribution in [0.4, 0.5) is 5.69 Å². The third kappa shape index (κ3) is 3.53. The molecule has 1 amide bonds. The second kappa shape index (κ2) is 5.95. The van der Waals surface area contributed by atoms with Crippen LogP contribution >= 0.6 is 0 Å². The van der Waals surface area contributed by atoms with Gasteiger partial charge in [-0.25, -0.2) is 0 Å². The molecule has 0 aliphatic heterocycles. The Hall–Kier alpha value is -1.95. The summed E-state index contributed by atoms with van der Waals surface area (Å²) in [5.41, 5.74) is 0.276. The summed E-state index contributed by atoms with van der Waals surface area (Å²) in [6.07, 6.45) is 0.620. The number of nitro benzene ring substituents is 1. The SMILES string of the molecule is CCC(CO)NC(=O)c1ccc([N+](=O)[O-])cc1. The topological polar surface area (TPSA) is 92.5 Å². The Labute approximate surface area is 98.4 Å². The van der Waals surface area contributed by atoms with E-state index in [1.54, 1.807) is 0 Å². The number of rotatable bonds is 5. The molecule has 6 nitrogen and oxygen atoms in total. The lowest BCUT2D eigenvalue weighted by Gasteiger charge is -2.13. The fourth-order valence-electron chi connectivity index (χ4n) is 1.28. The minimum atomic E-state index is -0.524. The van der Waals surface area contributed by atoms with Crippen LogP contribution in [0, 0.1) is 10.1 Å². The van der Waals surface area contributed by atoms with Gasteiger partial charge in [-0.3, -0.25) is 14.9 Å². The number of carbonyl (C=O) groups excluding carboxylic acids is 1. The number of amides is 1. The molecule has 1 unspecified atom stereocenters. The highest BCUT2D eigenvalue weighted by atomic mass is 16.6. The van der Waals surface area contributed by atoms with Crippen LogP contribution in [0.1, 0.15) is 23.7 Å². The van der Waals surface area contributed by atoms with E-state index in [9.17, 15) is 14.9 Å². The first-order chi connectivity index (χ1) is 8.08. The van der Waals surface area contributed by atoms with Crippen LogP contribution in [-0.2, 0) is 0 Å². The van der Waals surface area contributed by atoms with Crippen molar-refractivity contribution < 1.29 is 14.8 Å². The Bertz CT molecular complexity index is 398. The first kappa shape index (κ1) is 13.1. The Kier molecular flexibility index (Phi) is 4.59. The molecule has 0 heterocycles. The maximum absolute atomic E-state index is 11.7. The lowest BCUT2D eigenvalue weighted by atomic mass is 10.1. The number of nitro groups is 1. The molecule has 1 rings (SSSR count). The van der Waals surface area contributed by atoms with E-state index in [0.29, 0.717) is 12.0 Å². The number of benzene rings is 1. The molecule has 0 aliphatic rings. The van der Waals surface area contributed by atoms with Crippen LogP contribution in [0.2, 0.25) is 0 Å². The molecule has 0 saturated heterocycles. The molecule has 1 aromatic rings. The molecule has 0 aromatic heterocycles. The van der Waals surface area contributed by atoms with Crippen molar-refractivity contribution in [1.82, 2.24) is 5.32 Å². The number of nitrogens with zero attached hydrogens (tertiary/aromatic N) is 1. The number of non-ortho nitro benzene ring substituents is 1. The third-order valence-electron chi connectivity index (χ3n) is 2.39. The van der Waals surface area contributed by atoms with Crippen molar-refractivity contribution in [3.05, 3.63) is 39.9 Å². The minimum absolute atomic E-state index is 0.0595. The summed E-state index contributed by atoms with van der Waals surface area (Å²) in [5, 5.41) is 22.0. The molecule has 17 heavy (non-hydrogen) atoms. The molecule has 0 bridgehead atoms. The number of aliphatic hydroxyl groups excluding tert-OH is 1. The van der Waals surface area contributed by atoms with Crippen molar-refractivity contribution in [2.45, 2.75) is 19.4 Å². The number of aliphatic hydroxyl groups is 1. The van der Waals surface area contributed by atoms with E-state index >= 15 is 0 Å². The molecular weight excluding hydrogens is 224 g/mol. The number of hydrogen-bond donors (Lipinski definition) is 2. The second-order valence-electron chi connectivity index (χ2n) is 3.57. The predicted molar refractivity (Wildman–Crippen MR) is 61.7 cm³/mol. The fourth-order valence-corrected chi connectivity index (χ4v) is 1.28. The van der Waals surface area contributed by atoms with E-state index in [1.807, 2.05) is 6.92 Å². The average molecular weight is 238 g/mol. The van der Waals surface area contributed by atoms with E-state index < -0.39 is 4.92 Å². The third-order valence-corrected chi connectivity index (χ3v) is 2.39. The molecule has 0 aliphatic carbocycles. The van der Waals surface area contributed by atoms with Crippen LogP contribution in [-0.4, -0.2) is 28.6 Å². The fraction of sp³-hybridized carbons (Fsp3) is 0.364. The van der Waals surface area contributed by atoms with Crippen molar-refractivity contribution >= 4 is 11.6 Å². The Morgan fingerprint density at radius 1 is 1.47 bits per heavy atom. The van der Waals surface area contributed by atoms with Gasteiger partial charge in [0.15, 0.2) is 0 Å². The van der Waals surface area contributed by atoms with Crippen LogP contribution in [0.25, 0.3) is 0 Å². The summed E-state index contributed by atoms with van der Waals surface area (Å²) in [4.78, 5) is 21.6. The molecule has 1 atom stereocenters. The van der Waals surface area contributed by atoms with Gasteiger partial charge < -0.3 is 10.4 Å². The van der Waals surface area contributed by atoms with Gasteiger partial charge in [0.1, 0.15) is 0 Å². The van der Waals surface area contributed by atoms with Crippen LogP contribution in [0.3, 0.4) is 0 Å². The molecule has 2 N–H and O–H groups in total. The van der Waals surface area contributed by atoms with Crippen molar-refractivity contribution in [2.24, 2.45) is 0 Å². The summed E-state index contributed by atoms with van der Waals surface area (Å²) in [5.74, 6) is -0.346. The monoisotopic (exact) mass is 238 g/mol. The predicted octanol–water partition coefficient (Wildman–Crippen LogP) is 1.10. The zero-order valence-corrected chi connectivity index (χ0v) is 9.42. The number of carbonyl (C=O) groups is 1. The Morgan fingerprint density at radius 2 is 2.06 bits per heavy atom. The van der Waals surface area contributed by atoms with Gasteiger partial charge in [-0.2, -0.15) is 0 Å². The molecule has 0 fully saturated rings. The van der Waals surface area contributed by atoms with Gasteiger partial charge in [0.05, 0.1) is 17.6 Å². The molecule has 92 valence electrons. The van der Waals surface area contributed by atoms with Crippen LogP contribution in [0.5, 0.6) is 0 Å². The lowest BCUT2D eigenvalue weighted by Crippen LogP contribution is -2.36. The van der Waals surface area contributed by atoms with Crippen molar-refractivity contribution in [2.75, 3.05) is 6.61 Å².